The van der Waals surface area contributed by atoms with Gasteiger partial charge in [0, 0.05) is 19.3 Å². The van der Waals surface area contributed by atoms with Crippen LogP contribution >= 0.6 is 0 Å². The molecule has 3 aromatic rings. The molecule has 0 saturated heterocycles. The van der Waals surface area contributed by atoms with E-state index in [0.717, 1.165) is 36.8 Å². The first-order chi connectivity index (χ1) is 16.1. The minimum Gasteiger partial charge on any atom is -0.475 e. The minimum absolute atomic E-state index is 0.771. The molecular formula is C19H22F6N6O4. The van der Waals surface area contributed by atoms with Gasteiger partial charge < -0.3 is 19.2 Å². The number of aromatic nitrogens is 5. The van der Waals surface area contributed by atoms with Crippen molar-refractivity contribution in [2.24, 2.45) is 0 Å². The Morgan fingerprint density at radius 3 is 2.06 bits per heavy atom. The predicted molar refractivity (Wildman–Crippen MR) is 108 cm³/mol. The highest BCUT2D eigenvalue weighted by Gasteiger charge is 2.38. The number of aryl methyl sites for hydroxylation is 2. The summed E-state index contributed by atoms with van der Waals surface area (Å²) in [4.78, 5) is 24.6. The third kappa shape index (κ3) is 9.23. The van der Waals surface area contributed by atoms with Crippen LogP contribution in [0.15, 0.2) is 30.7 Å². The lowest BCUT2D eigenvalue weighted by Gasteiger charge is -2.16. The molecule has 0 unspecified atom stereocenters. The Kier molecular flexibility index (Phi) is 10.2. The summed E-state index contributed by atoms with van der Waals surface area (Å²) in [5.74, 6) is -4.52. The molecule has 0 saturated carbocycles. The number of hydrogen-bond acceptors (Lipinski definition) is 6. The highest BCUT2D eigenvalue weighted by atomic mass is 19.4. The van der Waals surface area contributed by atoms with Gasteiger partial charge in [-0.05, 0) is 33.0 Å². The van der Waals surface area contributed by atoms with Gasteiger partial charge in [-0.15, -0.1) is 10.2 Å². The number of pyridine rings is 1. The lowest BCUT2D eigenvalue weighted by atomic mass is 10.3. The van der Waals surface area contributed by atoms with Gasteiger partial charge in [0.05, 0.1) is 17.9 Å². The van der Waals surface area contributed by atoms with Crippen molar-refractivity contribution in [2.45, 2.75) is 45.8 Å². The fourth-order valence-corrected chi connectivity index (χ4v) is 2.57. The normalized spacial score (nSPS) is 11.5. The van der Waals surface area contributed by atoms with Crippen molar-refractivity contribution in [3.63, 3.8) is 0 Å². The number of hydrogen-bond donors (Lipinski definition) is 2. The Bertz CT molecular complexity index is 1100. The molecule has 0 amide bonds. The van der Waals surface area contributed by atoms with E-state index < -0.39 is 24.3 Å². The molecule has 0 aliphatic carbocycles. The third-order valence-corrected chi connectivity index (χ3v) is 4.18. The molecule has 0 aliphatic heterocycles. The van der Waals surface area contributed by atoms with E-state index in [2.05, 4.69) is 56.1 Å². The van der Waals surface area contributed by atoms with E-state index in [-0.39, 0.29) is 0 Å². The molecule has 0 bridgehead atoms. The Hall–Kier alpha value is -3.69. The van der Waals surface area contributed by atoms with Gasteiger partial charge in [0.15, 0.2) is 0 Å². The fraction of sp³-hybridized carbons (Fsp3) is 0.421. The van der Waals surface area contributed by atoms with Crippen LogP contribution in [-0.2, 0) is 29.2 Å². The lowest BCUT2D eigenvalue weighted by molar-refractivity contribution is -0.193. The maximum atomic E-state index is 10.6. The maximum absolute atomic E-state index is 10.6. The molecule has 0 aromatic carbocycles. The van der Waals surface area contributed by atoms with Gasteiger partial charge in [0.2, 0.25) is 0 Å². The molecule has 0 spiro atoms. The average molecular weight is 512 g/mol. The summed E-state index contributed by atoms with van der Waals surface area (Å²) in [6.45, 7) is 6.65. The van der Waals surface area contributed by atoms with Gasteiger partial charge in [0.1, 0.15) is 17.8 Å². The SMILES string of the molecule is CCn1cnnc1CN(C)Cc1c(C)nc2ccccn12.O=C(O)C(F)(F)F.O=C(O)C(F)(F)F. The highest BCUT2D eigenvalue weighted by Crippen LogP contribution is 2.15. The number of aliphatic carboxylic acids is 2. The Morgan fingerprint density at radius 2 is 1.57 bits per heavy atom. The number of carboxylic acid groups (broad SMARTS) is 2. The number of fused-ring (bicyclic) bond motifs is 1. The average Bonchev–Trinajstić information content (AvgIpc) is 3.31. The van der Waals surface area contributed by atoms with Gasteiger partial charge >= 0.3 is 24.3 Å². The summed E-state index contributed by atoms with van der Waals surface area (Å²) in [5.41, 5.74) is 3.29. The third-order valence-electron chi connectivity index (χ3n) is 4.18. The van der Waals surface area contributed by atoms with Crippen LogP contribution in [0.1, 0.15) is 24.1 Å². The van der Waals surface area contributed by atoms with Crippen molar-refractivity contribution < 1.29 is 46.1 Å². The Balaban J connectivity index is 0.000000362. The molecule has 35 heavy (non-hydrogen) atoms. The summed E-state index contributed by atoms with van der Waals surface area (Å²) >= 11 is 0. The zero-order valence-electron chi connectivity index (χ0n) is 18.7. The molecule has 2 N–H and O–H groups in total. The van der Waals surface area contributed by atoms with Gasteiger partial charge in [0.25, 0.3) is 0 Å². The van der Waals surface area contributed by atoms with Crippen LogP contribution in [-0.4, -0.2) is 70.6 Å². The number of halogens is 6. The van der Waals surface area contributed by atoms with E-state index in [1.807, 2.05) is 18.2 Å². The monoisotopic (exact) mass is 512 g/mol. The molecule has 3 rings (SSSR count). The molecule has 10 nitrogen and oxygen atoms in total. The van der Waals surface area contributed by atoms with Crippen LogP contribution in [0, 0.1) is 6.92 Å². The van der Waals surface area contributed by atoms with E-state index in [9.17, 15) is 26.3 Å². The smallest absolute Gasteiger partial charge is 0.475 e. The van der Waals surface area contributed by atoms with Gasteiger partial charge in [-0.1, -0.05) is 6.07 Å². The van der Waals surface area contributed by atoms with E-state index in [0.29, 0.717) is 0 Å². The first-order valence-corrected chi connectivity index (χ1v) is 9.65. The van der Waals surface area contributed by atoms with E-state index >= 15 is 0 Å². The molecular weight excluding hydrogens is 490 g/mol. The van der Waals surface area contributed by atoms with Crippen LogP contribution in [0.3, 0.4) is 0 Å². The lowest BCUT2D eigenvalue weighted by Crippen LogP contribution is -2.21. The minimum atomic E-state index is -5.08. The summed E-state index contributed by atoms with van der Waals surface area (Å²) in [5, 5.41) is 22.4. The van der Waals surface area contributed by atoms with E-state index in [4.69, 9.17) is 19.8 Å². The van der Waals surface area contributed by atoms with Crippen molar-refractivity contribution in [2.75, 3.05) is 7.05 Å². The van der Waals surface area contributed by atoms with Gasteiger partial charge in [-0.2, -0.15) is 26.3 Å². The molecule has 194 valence electrons. The van der Waals surface area contributed by atoms with Gasteiger partial charge in [-0.25, -0.2) is 14.6 Å². The fourth-order valence-electron chi connectivity index (χ4n) is 2.57. The van der Waals surface area contributed by atoms with Gasteiger partial charge in [-0.3, -0.25) is 4.90 Å². The Labute approximate surface area is 194 Å². The number of alkyl halides is 6. The largest absolute Gasteiger partial charge is 0.490 e. The number of rotatable bonds is 5. The van der Waals surface area contributed by atoms with Crippen molar-refractivity contribution in [1.29, 1.82) is 0 Å². The van der Waals surface area contributed by atoms with Crippen LogP contribution in [0.5, 0.6) is 0 Å². The standard InChI is InChI=1S/C15H20N6.2C2HF3O2/c1-4-20-11-16-18-15(20)10-19(3)9-13-12(2)17-14-7-5-6-8-21(13)14;2*3-2(4,5)1(6)7/h5-8,11H,4,9-10H2,1-3H3;2*(H,6,7). The van der Waals surface area contributed by atoms with Crippen LogP contribution in [0.4, 0.5) is 26.3 Å². The predicted octanol–water partition coefficient (Wildman–Crippen LogP) is 3.15. The first-order valence-electron chi connectivity index (χ1n) is 9.65. The maximum Gasteiger partial charge on any atom is 0.490 e. The van der Waals surface area contributed by atoms with Crippen molar-refractivity contribution in [3.8, 4) is 0 Å². The first kappa shape index (κ1) is 29.3. The molecule has 16 heteroatoms. The Morgan fingerprint density at radius 1 is 1.03 bits per heavy atom. The van der Waals surface area contributed by atoms with Crippen molar-refractivity contribution in [3.05, 3.63) is 47.9 Å². The highest BCUT2D eigenvalue weighted by molar-refractivity contribution is 5.73. The number of nitrogens with zero attached hydrogens (tertiary/aromatic N) is 6. The summed E-state index contributed by atoms with van der Waals surface area (Å²) in [6.07, 6.45) is -6.32. The zero-order chi connectivity index (χ0) is 27.0. The van der Waals surface area contributed by atoms with Crippen molar-refractivity contribution >= 4 is 17.6 Å². The molecule has 3 aromatic heterocycles. The number of carboxylic acids is 2. The second kappa shape index (κ2) is 12.1. The zero-order valence-corrected chi connectivity index (χ0v) is 18.7. The second-order valence-corrected chi connectivity index (χ2v) is 6.88. The van der Waals surface area contributed by atoms with E-state index in [1.54, 1.807) is 6.33 Å². The quantitative estimate of drug-likeness (QED) is 0.500. The molecule has 3 heterocycles. The van der Waals surface area contributed by atoms with Crippen LogP contribution in [0.2, 0.25) is 0 Å². The van der Waals surface area contributed by atoms with Crippen molar-refractivity contribution in [1.82, 2.24) is 29.0 Å². The summed E-state index contributed by atoms with van der Waals surface area (Å²) in [7, 11) is 2.09. The van der Waals surface area contributed by atoms with Crippen LogP contribution in [0.25, 0.3) is 5.65 Å². The number of imidazole rings is 1. The molecule has 0 fully saturated rings. The van der Waals surface area contributed by atoms with E-state index in [1.165, 1.54) is 5.69 Å². The topological polar surface area (TPSA) is 126 Å². The molecule has 0 aliphatic rings. The summed E-state index contributed by atoms with van der Waals surface area (Å²) < 4.78 is 67.7. The second-order valence-electron chi connectivity index (χ2n) is 6.88. The molecule has 0 radical (unpaired) electrons. The number of carbonyl (C=O) groups is 2. The van der Waals surface area contributed by atoms with Crippen LogP contribution < -0.4 is 0 Å². The molecule has 0 atom stereocenters. The summed E-state index contributed by atoms with van der Waals surface area (Å²) in [6, 6.07) is 6.08.